The van der Waals surface area contributed by atoms with Gasteiger partial charge in [0.1, 0.15) is 11.6 Å². The van der Waals surface area contributed by atoms with Gasteiger partial charge in [0.2, 0.25) is 0 Å². The van der Waals surface area contributed by atoms with Crippen molar-refractivity contribution in [3.63, 3.8) is 0 Å². The Morgan fingerprint density at radius 2 is 2.11 bits per heavy atom. The average molecular weight is 379 g/mol. The fourth-order valence-corrected chi connectivity index (χ4v) is 4.19. The van der Waals surface area contributed by atoms with Crippen molar-refractivity contribution in [2.75, 3.05) is 36.8 Å². The first-order valence-electron chi connectivity index (χ1n) is 8.63. The van der Waals surface area contributed by atoms with Crippen LogP contribution in [0, 0.1) is 11.3 Å². The molecule has 4 rings (SSSR count). The highest BCUT2D eigenvalue weighted by Crippen LogP contribution is 2.29. The number of thioether (sulfide) groups is 1. The molecule has 0 radical (unpaired) electrons. The van der Waals surface area contributed by atoms with Crippen molar-refractivity contribution in [1.82, 2.24) is 14.9 Å². The van der Waals surface area contributed by atoms with Crippen LogP contribution in [0.25, 0.3) is 10.9 Å². The van der Waals surface area contributed by atoms with Crippen LogP contribution in [0.2, 0.25) is 0 Å². The van der Waals surface area contributed by atoms with Crippen molar-refractivity contribution >= 4 is 34.3 Å². The summed E-state index contributed by atoms with van der Waals surface area (Å²) in [6.45, 7) is 2.22. The molecule has 7 nitrogen and oxygen atoms in total. The molecule has 1 fully saturated rings. The Balaban J connectivity index is 1.61. The number of allylic oxidation sites excluding steroid dienone is 2. The zero-order valence-electron chi connectivity index (χ0n) is 14.5. The van der Waals surface area contributed by atoms with E-state index in [1.54, 1.807) is 30.2 Å². The van der Waals surface area contributed by atoms with Crippen LogP contribution < -0.4 is 10.5 Å². The maximum atomic E-state index is 12.7. The molecule has 8 heteroatoms. The van der Waals surface area contributed by atoms with Crippen LogP contribution in [-0.4, -0.2) is 52.7 Å². The van der Waals surface area contributed by atoms with Gasteiger partial charge in [-0.25, -0.2) is 0 Å². The van der Waals surface area contributed by atoms with Gasteiger partial charge in [-0.3, -0.25) is 14.6 Å². The Labute approximate surface area is 160 Å². The topological polar surface area (TPSA) is 93.1 Å². The Bertz CT molecular complexity index is 1060. The molecule has 0 aliphatic carbocycles. The number of carbonyl (C=O) groups excluding carboxylic acids is 1. The molecule has 2 aliphatic rings. The Morgan fingerprint density at radius 1 is 1.30 bits per heavy atom. The maximum absolute atomic E-state index is 12.7. The Kier molecular flexibility index (Phi) is 4.69. The summed E-state index contributed by atoms with van der Waals surface area (Å²) < 4.78 is 0. The minimum Gasteiger partial charge on any atom is -0.366 e. The number of hydrogen-bond donors (Lipinski definition) is 1. The van der Waals surface area contributed by atoms with Gasteiger partial charge >= 0.3 is 0 Å². The van der Waals surface area contributed by atoms with Gasteiger partial charge in [-0.15, -0.1) is 11.8 Å². The molecule has 2 aromatic heterocycles. The number of aromatic amines is 1. The highest BCUT2D eigenvalue weighted by Gasteiger charge is 2.27. The summed E-state index contributed by atoms with van der Waals surface area (Å²) in [4.78, 5) is 36.3. The lowest BCUT2D eigenvalue weighted by atomic mass is 10.1. The SMILES string of the molecule is N#Cc1c(N2CCN(C(=O)C3=CC=CCS3)CC2)c2ccncc2[nH]c1=O. The van der Waals surface area contributed by atoms with E-state index in [4.69, 9.17) is 0 Å². The molecule has 1 amide bonds. The highest BCUT2D eigenvalue weighted by molar-refractivity contribution is 8.04. The third-order valence-electron chi connectivity index (χ3n) is 4.71. The second-order valence-electron chi connectivity index (χ2n) is 6.26. The van der Waals surface area contributed by atoms with Crippen molar-refractivity contribution < 1.29 is 4.79 Å². The summed E-state index contributed by atoms with van der Waals surface area (Å²) in [6.07, 6.45) is 9.02. The molecule has 136 valence electrons. The molecular formula is C19H17N5O2S. The zero-order valence-corrected chi connectivity index (χ0v) is 15.3. The van der Waals surface area contributed by atoms with Gasteiger partial charge < -0.3 is 14.8 Å². The van der Waals surface area contributed by atoms with E-state index in [2.05, 4.69) is 9.97 Å². The first-order valence-corrected chi connectivity index (χ1v) is 9.61. The van der Waals surface area contributed by atoms with E-state index >= 15 is 0 Å². The molecule has 0 aromatic carbocycles. The van der Waals surface area contributed by atoms with E-state index in [1.165, 1.54) is 0 Å². The number of H-pyrrole nitrogens is 1. The monoisotopic (exact) mass is 379 g/mol. The van der Waals surface area contributed by atoms with Gasteiger partial charge in [-0.1, -0.05) is 12.2 Å². The van der Waals surface area contributed by atoms with E-state index in [9.17, 15) is 14.9 Å². The number of piperazine rings is 1. The van der Waals surface area contributed by atoms with Gasteiger partial charge in [0.05, 0.1) is 22.3 Å². The van der Waals surface area contributed by atoms with Crippen molar-refractivity contribution in [3.8, 4) is 6.07 Å². The first-order chi connectivity index (χ1) is 13.2. The molecule has 0 atom stereocenters. The fourth-order valence-electron chi connectivity index (χ4n) is 3.38. The van der Waals surface area contributed by atoms with Crippen LogP contribution in [0.15, 0.2) is 46.4 Å². The van der Waals surface area contributed by atoms with Gasteiger partial charge in [0.25, 0.3) is 11.5 Å². The van der Waals surface area contributed by atoms with Gasteiger partial charge in [-0.2, -0.15) is 5.26 Å². The molecule has 2 aromatic rings. The number of anilines is 1. The zero-order chi connectivity index (χ0) is 18.8. The van der Waals surface area contributed by atoms with Crippen molar-refractivity contribution in [3.05, 3.63) is 57.5 Å². The van der Waals surface area contributed by atoms with E-state index in [-0.39, 0.29) is 11.5 Å². The predicted molar refractivity (Wildman–Crippen MR) is 106 cm³/mol. The fraction of sp³-hybridized carbons (Fsp3) is 0.263. The number of nitriles is 1. The maximum Gasteiger partial charge on any atom is 0.268 e. The number of carbonyl (C=O) groups is 1. The van der Waals surface area contributed by atoms with Crippen LogP contribution in [0.5, 0.6) is 0 Å². The van der Waals surface area contributed by atoms with E-state index < -0.39 is 5.56 Å². The van der Waals surface area contributed by atoms with Crippen molar-refractivity contribution in [1.29, 1.82) is 5.26 Å². The molecule has 1 N–H and O–H groups in total. The third-order valence-corrected chi connectivity index (χ3v) is 5.69. The molecule has 0 bridgehead atoms. The number of hydrogen-bond acceptors (Lipinski definition) is 6. The minimum absolute atomic E-state index is 0.0458. The Morgan fingerprint density at radius 3 is 2.81 bits per heavy atom. The number of amides is 1. The van der Waals surface area contributed by atoms with E-state index in [1.807, 2.05) is 34.1 Å². The van der Waals surface area contributed by atoms with Crippen molar-refractivity contribution in [2.45, 2.75) is 0 Å². The second kappa shape index (κ2) is 7.29. The van der Waals surface area contributed by atoms with E-state index in [0.717, 1.165) is 16.0 Å². The van der Waals surface area contributed by atoms with Crippen LogP contribution in [0.4, 0.5) is 5.69 Å². The largest absolute Gasteiger partial charge is 0.366 e. The molecule has 0 saturated carbocycles. The van der Waals surface area contributed by atoms with Crippen LogP contribution in [0.3, 0.4) is 0 Å². The smallest absolute Gasteiger partial charge is 0.268 e. The van der Waals surface area contributed by atoms with E-state index in [0.29, 0.717) is 37.4 Å². The number of rotatable bonds is 2. The highest BCUT2D eigenvalue weighted by atomic mass is 32.2. The Hall–Kier alpha value is -3.05. The molecular weight excluding hydrogens is 362 g/mol. The standard InChI is InChI=1S/C19H17N5O2S/c20-11-14-17(13-4-5-21-12-15(13)22-18(14)25)23-6-8-24(9-7-23)19(26)16-3-1-2-10-27-16/h1-5,12H,6-10H2,(H,22,25). The third kappa shape index (κ3) is 3.22. The average Bonchev–Trinajstić information content (AvgIpc) is 2.73. The molecule has 27 heavy (non-hydrogen) atoms. The van der Waals surface area contributed by atoms with Crippen LogP contribution >= 0.6 is 11.8 Å². The molecule has 4 heterocycles. The summed E-state index contributed by atoms with van der Waals surface area (Å²) in [5, 5.41) is 10.3. The number of aromatic nitrogens is 2. The van der Waals surface area contributed by atoms with Crippen molar-refractivity contribution in [2.24, 2.45) is 0 Å². The van der Waals surface area contributed by atoms with Gasteiger partial charge in [0, 0.05) is 43.5 Å². The van der Waals surface area contributed by atoms with Crippen LogP contribution in [-0.2, 0) is 4.79 Å². The summed E-state index contributed by atoms with van der Waals surface area (Å²) in [6, 6.07) is 3.83. The summed E-state index contributed by atoms with van der Waals surface area (Å²) in [5.74, 6) is 0.861. The molecule has 0 unspecified atom stereocenters. The predicted octanol–water partition coefficient (Wildman–Crippen LogP) is 1.63. The lowest BCUT2D eigenvalue weighted by Gasteiger charge is -2.37. The lowest BCUT2D eigenvalue weighted by Crippen LogP contribution is -2.49. The summed E-state index contributed by atoms with van der Waals surface area (Å²) in [5.41, 5.74) is 0.914. The van der Waals surface area contributed by atoms with Crippen LogP contribution in [0.1, 0.15) is 5.56 Å². The number of pyridine rings is 2. The number of nitrogens with one attached hydrogen (secondary N) is 1. The molecule has 1 saturated heterocycles. The molecule has 0 spiro atoms. The minimum atomic E-state index is -0.415. The summed E-state index contributed by atoms with van der Waals surface area (Å²) in [7, 11) is 0. The number of nitrogens with zero attached hydrogens (tertiary/aromatic N) is 4. The quantitative estimate of drug-likeness (QED) is 0.853. The summed E-state index contributed by atoms with van der Waals surface area (Å²) >= 11 is 1.55. The van der Waals surface area contributed by atoms with Gasteiger partial charge in [0.15, 0.2) is 0 Å². The second-order valence-corrected chi connectivity index (χ2v) is 7.32. The van der Waals surface area contributed by atoms with Gasteiger partial charge in [-0.05, 0) is 12.1 Å². The number of fused-ring (bicyclic) bond motifs is 1. The first kappa shape index (κ1) is 17.4. The lowest BCUT2D eigenvalue weighted by molar-refractivity contribution is -0.126. The molecule has 2 aliphatic heterocycles. The normalized spacial score (nSPS) is 16.9.